The van der Waals surface area contributed by atoms with Crippen molar-refractivity contribution < 1.29 is 13.6 Å². The number of hydrogen-bond acceptors (Lipinski definition) is 5. The fraction of sp³-hybridized carbons (Fsp3) is 0.150. The first-order valence-corrected chi connectivity index (χ1v) is 9.59. The van der Waals surface area contributed by atoms with Gasteiger partial charge in [0.2, 0.25) is 5.91 Å². The van der Waals surface area contributed by atoms with Crippen molar-refractivity contribution in [3.8, 4) is 0 Å². The molecule has 2 heterocycles. The zero-order valence-electron chi connectivity index (χ0n) is 15.0. The summed E-state index contributed by atoms with van der Waals surface area (Å²) in [6.45, 7) is 0. The number of carbonyl (C=O) groups excluding carboxylic acids is 1. The van der Waals surface area contributed by atoms with Gasteiger partial charge >= 0.3 is 0 Å². The Morgan fingerprint density at radius 3 is 2.75 bits per heavy atom. The lowest BCUT2D eigenvalue weighted by molar-refractivity contribution is -0.119. The van der Waals surface area contributed by atoms with E-state index in [-0.39, 0.29) is 17.5 Å². The first kappa shape index (κ1) is 18.2. The monoisotopic (exact) mass is 396 g/mol. The molecule has 0 aliphatic rings. The van der Waals surface area contributed by atoms with Gasteiger partial charge in [-0.3, -0.25) is 4.79 Å². The van der Waals surface area contributed by atoms with Crippen molar-refractivity contribution in [1.29, 1.82) is 0 Å². The number of aryl methyl sites for hydroxylation is 1. The van der Waals surface area contributed by atoms with Crippen LogP contribution in [0.5, 0.6) is 0 Å². The number of nitrogens with one attached hydrogen (secondary N) is 1. The van der Waals surface area contributed by atoms with E-state index in [4.69, 9.17) is 4.42 Å². The molecule has 1 unspecified atom stereocenters. The second kappa shape index (κ2) is 7.85. The first-order chi connectivity index (χ1) is 13.6. The summed E-state index contributed by atoms with van der Waals surface area (Å²) in [5, 5.41) is 3.40. The smallest absolute Gasteiger partial charge is 0.257 e. The van der Waals surface area contributed by atoms with Crippen molar-refractivity contribution in [2.24, 2.45) is 7.05 Å². The number of amides is 1. The Morgan fingerprint density at radius 2 is 2.04 bits per heavy atom. The molecule has 0 saturated heterocycles. The average Bonchev–Trinajstić information content (AvgIpc) is 3.31. The molecule has 0 spiro atoms. The van der Waals surface area contributed by atoms with Gasteiger partial charge in [0.25, 0.3) is 5.22 Å². The number of para-hydroxylation sites is 2. The molecule has 2 aromatic heterocycles. The maximum atomic E-state index is 13.3. The van der Waals surface area contributed by atoms with E-state index in [9.17, 15) is 9.18 Å². The molecule has 0 aliphatic carbocycles. The quantitative estimate of drug-likeness (QED) is 0.503. The van der Waals surface area contributed by atoms with Crippen molar-refractivity contribution >= 4 is 28.8 Å². The highest BCUT2D eigenvalue weighted by Gasteiger charge is 2.21. The fourth-order valence-electron chi connectivity index (χ4n) is 2.85. The third-order valence-corrected chi connectivity index (χ3v) is 5.05. The van der Waals surface area contributed by atoms with Gasteiger partial charge < -0.3 is 14.3 Å². The van der Waals surface area contributed by atoms with Gasteiger partial charge in [-0.05, 0) is 29.8 Å². The largest absolute Gasteiger partial charge is 0.431 e. The summed E-state index contributed by atoms with van der Waals surface area (Å²) >= 11 is 1.22. The average molecular weight is 396 g/mol. The molecule has 142 valence electrons. The molecule has 6 nitrogen and oxygen atoms in total. The second-order valence-electron chi connectivity index (χ2n) is 6.18. The summed E-state index contributed by atoms with van der Waals surface area (Å²) in [5.41, 5.74) is 2.18. The van der Waals surface area contributed by atoms with Crippen molar-refractivity contribution in [1.82, 2.24) is 19.9 Å². The number of oxazole rings is 1. The number of hydrogen-bond donors (Lipinski definition) is 1. The molecule has 4 rings (SSSR count). The van der Waals surface area contributed by atoms with E-state index < -0.39 is 6.04 Å². The lowest BCUT2D eigenvalue weighted by Gasteiger charge is -2.19. The van der Waals surface area contributed by atoms with E-state index in [1.807, 2.05) is 35.9 Å². The Kier molecular flexibility index (Phi) is 5.12. The van der Waals surface area contributed by atoms with E-state index in [1.54, 1.807) is 24.5 Å². The fourth-order valence-corrected chi connectivity index (χ4v) is 3.50. The molecule has 28 heavy (non-hydrogen) atoms. The number of halogens is 1. The van der Waals surface area contributed by atoms with Gasteiger partial charge in [-0.15, -0.1) is 0 Å². The zero-order chi connectivity index (χ0) is 19.5. The van der Waals surface area contributed by atoms with E-state index in [0.29, 0.717) is 16.6 Å². The van der Waals surface area contributed by atoms with Crippen LogP contribution in [0.3, 0.4) is 0 Å². The van der Waals surface area contributed by atoms with E-state index in [1.165, 1.54) is 23.9 Å². The summed E-state index contributed by atoms with van der Waals surface area (Å²) in [7, 11) is 1.85. The first-order valence-electron chi connectivity index (χ1n) is 8.60. The molecule has 0 saturated carbocycles. The Bertz CT molecular complexity index is 1070. The SMILES string of the molecule is Cn1ccnc1C(NC(=O)CSc1nc2ccccc2o1)c1ccc(F)cc1. The van der Waals surface area contributed by atoms with Crippen LogP contribution >= 0.6 is 11.8 Å². The maximum Gasteiger partial charge on any atom is 0.257 e. The van der Waals surface area contributed by atoms with Crippen LogP contribution in [-0.2, 0) is 11.8 Å². The summed E-state index contributed by atoms with van der Waals surface area (Å²) in [6, 6.07) is 13.0. The molecule has 1 N–H and O–H groups in total. The molecular weight excluding hydrogens is 379 g/mol. The highest BCUT2D eigenvalue weighted by molar-refractivity contribution is 7.99. The predicted octanol–water partition coefficient (Wildman–Crippen LogP) is 3.70. The lowest BCUT2D eigenvalue weighted by Crippen LogP contribution is -2.32. The van der Waals surface area contributed by atoms with Crippen LogP contribution in [0.15, 0.2) is 70.6 Å². The minimum absolute atomic E-state index is 0.134. The number of aromatic nitrogens is 3. The number of imidazole rings is 1. The van der Waals surface area contributed by atoms with Crippen LogP contribution in [0.2, 0.25) is 0 Å². The van der Waals surface area contributed by atoms with E-state index >= 15 is 0 Å². The Labute approximate surface area is 164 Å². The molecule has 1 atom stereocenters. The molecule has 0 aliphatic heterocycles. The van der Waals surface area contributed by atoms with Crippen molar-refractivity contribution in [3.05, 3.63) is 78.1 Å². The summed E-state index contributed by atoms with van der Waals surface area (Å²) in [6.07, 6.45) is 3.45. The van der Waals surface area contributed by atoms with E-state index in [2.05, 4.69) is 15.3 Å². The Balaban J connectivity index is 1.49. The topological polar surface area (TPSA) is 73.0 Å². The molecule has 1 amide bonds. The highest BCUT2D eigenvalue weighted by Crippen LogP contribution is 2.24. The number of nitrogens with zero attached hydrogens (tertiary/aromatic N) is 3. The molecule has 0 fully saturated rings. The van der Waals surface area contributed by atoms with Crippen LogP contribution in [-0.4, -0.2) is 26.2 Å². The Hall–Kier alpha value is -3.13. The van der Waals surface area contributed by atoms with Gasteiger partial charge in [0, 0.05) is 19.4 Å². The minimum atomic E-state index is -0.489. The van der Waals surface area contributed by atoms with Crippen molar-refractivity contribution in [2.75, 3.05) is 5.75 Å². The number of thioether (sulfide) groups is 1. The number of carbonyl (C=O) groups is 1. The van der Waals surface area contributed by atoms with Gasteiger partial charge in [-0.25, -0.2) is 14.4 Å². The van der Waals surface area contributed by atoms with E-state index in [0.717, 1.165) is 11.1 Å². The van der Waals surface area contributed by atoms with Crippen LogP contribution in [0, 0.1) is 5.82 Å². The number of rotatable bonds is 6. The van der Waals surface area contributed by atoms with Gasteiger partial charge in [-0.1, -0.05) is 36.0 Å². The maximum absolute atomic E-state index is 13.3. The predicted molar refractivity (Wildman–Crippen MR) is 104 cm³/mol. The number of fused-ring (bicyclic) bond motifs is 1. The summed E-state index contributed by atoms with van der Waals surface area (Å²) in [5.74, 6) is 0.256. The minimum Gasteiger partial charge on any atom is -0.431 e. The van der Waals surface area contributed by atoms with Gasteiger partial charge in [0.15, 0.2) is 5.58 Å². The van der Waals surface area contributed by atoms with Crippen molar-refractivity contribution in [3.63, 3.8) is 0 Å². The molecule has 0 bridgehead atoms. The third-order valence-electron chi connectivity index (χ3n) is 4.23. The molecule has 2 aromatic carbocycles. The van der Waals surface area contributed by atoms with Gasteiger partial charge in [0.1, 0.15) is 23.2 Å². The molecular formula is C20H17FN4O2S. The zero-order valence-corrected chi connectivity index (χ0v) is 15.8. The second-order valence-corrected chi connectivity index (χ2v) is 7.11. The molecule has 0 radical (unpaired) electrons. The Morgan fingerprint density at radius 1 is 1.25 bits per heavy atom. The molecule has 8 heteroatoms. The highest BCUT2D eigenvalue weighted by atomic mass is 32.2. The lowest BCUT2D eigenvalue weighted by atomic mass is 10.1. The third kappa shape index (κ3) is 3.91. The van der Waals surface area contributed by atoms with Gasteiger partial charge in [-0.2, -0.15) is 0 Å². The van der Waals surface area contributed by atoms with Crippen LogP contribution in [0.4, 0.5) is 4.39 Å². The normalized spacial score (nSPS) is 12.2. The van der Waals surface area contributed by atoms with Crippen LogP contribution < -0.4 is 5.32 Å². The van der Waals surface area contributed by atoms with Gasteiger partial charge in [0.05, 0.1) is 5.75 Å². The summed E-state index contributed by atoms with van der Waals surface area (Å²) in [4.78, 5) is 21.3. The van der Waals surface area contributed by atoms with Crippen LogP contribution in [0.1, 0.15) is 17.4 Å². The van der Waals surface area contributed by atoms with Crippen LogP contribution in [0.25, 0.3) is 11.1 Å². The standard InChI is InChI=1S/C20H17FN4O2S/c1-25-11-10-22-19(25)18(13-6-8-14(21)9-7-13)24-17(26)12-28-20-23-15-4-2-3-5-16(15)27-20/h2-11,18H,12H2,1H3,(H,24,26). The van der Waals surface area contributed by atoms with Crippen molar-refractivity contribution in [2.45, 2.75) is 11.3 Å². The molecule has 4 aromatic rings. The summed E-state index contributed by atoms with van der Waals surface area (Å²) < 4.78 is 20.7. The number of benzene rings is 2.